The van der Waals surface area contributed by atoms with Gasteiger partial charge in [0.15, 0.2) is 5.78 Å². The van der Waals surface area contributed by atoms with E-state index in [0.717, 1.165) is 24.2 Å². The van der Waals surface area contributed by atoms with Gasteiger partial charge >= 0.3 is 12.1 Å². The molecule has 0 aliphatic carbocycles. The number of nitrogens with zero attached hydrogens (tertiary/aromatic N) is 2. The van der Waals surface area contributed by atoms with E-state index in [9.17, 15) is 19.5 Å². The number of H-pyrrole nitrogens is 1. The molecule has 4 N–H and O–H groups in total. The second-order valence-electron chi connectivity index (χ2n) is 6.49. The number of aliphatic carboxylic acids is 1. The van der Waals surface area contributed by atoms with Crippen molar-refractivity contribution in [2.24, 2.45) is 5.73 Å². The van der Waals surface area contributed by atoms with E-state index in [1.54, 1.807) is 6.92 Å². The van der Waals surface area contributed by atoms with E-state index in [1.165, 1.54) is 19.4 Å². The van der Waals surface area contributed by atoms with Crippen molar-refractivity contribution in [3.05, 3.63) is 18.2 Å². The topological polar surface area (TPSA) is 139 Å². The number of ketones is 1. The smallest absolute Gasteiger partial charge is 0.411 e. The fourth-order valence-corrected chi connectivity index (χ4v) is 2.97. The van der Waals surface area contributed by atoms with E-state index in [2.05, 4.69) is 16.9 Å². The largest absolute Gasteiger partial charge is 0.479 e. The van der Waals surface area contributed by atoms with Crippen LogP contribution in [0.4, 0.5) is 4.79 Å². The van der Waals surface area contributed by atoms with Crippen molar-refractivity contribution in [1.82, 2.24) is 14.9 Å². The Morgan fingerprint density at radius 3 is 2.52 bits per heavy atom. The molecule has 1 aromatic heterocycles. The van der Waals surface area contributed by atoms with Gasteiger partial charge in [0.1, 0.15) is 0 Å². The van der Waals surface area contributed by atoms with Crippen LogP contribution in [0.5, 0.6) is 0 Å². The number of aromatic amines is 1. The van der Waals surface area contributed by atoms with Crippen LogP contribution in [0.25, 0.3) is 0 Å². The van der Waals surface area contributed by atoms with Gasteiger partial charge in [-0.25, -0.2) is 14.6 Å². The first-order chi connectivity index (χ1) is 12.8. The molecule has 0 saturated heterocycles. The van der Waals surface area contributed by atoms with Gasteiger partial charge in [0.25, 0.3) is 0 Å². The number of imidazole rings is 1. The van der Waals surface area contributed by atoms with E-state index in [4.69, 9.17) is 10.5 Å². The monoisotopic (exact) mass is 382 g/mol. The zero-order valence-corrected chi connectivity index (χ0v) is 16.2. The molecule has 1 heterocycles. The minimum atomic E-state index is -2.17. The van der Waals surface area contributed by atoms with Crippen molar-refractivity contribution in [2.75, 3.05) is 13.2 Å². The van der Waals surface area contributed by atoms with E-state index >= 15 is 0 Å². The van der Waals surface area contributed by atoms with Gasteiger partial charge in [0.05, 0.1) is 19.0 Å². The second kappa shape index (κ2) is 10.7. The van der Waals surface area contributed by atoms with Crippen molar-refractivity contribution >= 4 is 17.8 Å². The predicted molar refractivity (Wildman–Crippen MR) is 99.2 cm³/mol. The molecule has 2 atom stereocenters. The number of Topliss-reactive ketones (excluding diaryl/α,β-unsaturated/α-hetero) is 1. The van der Waals surface area contributed by atoms with Crippen molar-refractivity contribution in [1.29, 1.82) is 0 Å². The highest BCUT2D eigenvalue weighted by molar-refractivity contribution is 6.12. The lowest BCUT2D eigenvalue weighted by Crippen LogP contribution is -2.66. The predicted octanol–water partition coefficient (Wildman–Crippen LogP) is 1.73. The maximum atomic E-state index is 12.9. The fourth-order valence-electron chi connectivity index (χ4n) is 2.97. The van der Waals surface area contributed by atoms with Crippen LogP contribution < -0.4 is 5.73 Å². The highest BCUT2D eigenvalue weighted by atomic mass is 16.6. The van der Waals surface area contributed by atoms with Gasteiger partial charge in [0.2, 0.25) is 5.54 Å². The Morgan fingerprint density at radius 1 is 1.33 bits per heavy atom. The molecule has 27 heavy (non-hydrogen) atoms. The lowest BCUT2D eigenvalue weighted by molar-refractivity contribution is -0.157. The highest BCUT2D eigenvalue weighted by Crippen LogP contribution is 2.25. The molecule has 9 nitrogen and oxygen atoms in total. The summed E-state index contributed by atoms with van der Waals surface area (Å²) in [5.74, 6) is -2.22. The normalized spacial score (nSPS) is 14.2. The zero-order chi connectivity index (χ0) is 20.4. The average molecular weight is 382 g/mol. The summed E-state index contributed by atoms with van der Waals surface area (Å²) in [6, 6.07) is -1.07. The number of likely N-dealkylation sites (N-methyl/N-ethyl adjacent to an activating group) is 1. The first-order valence-corrected chi connectivity index (χ1v) is 9.26. The van der Waals surface area contributed by atoms with Crippen LogP contribution in [-0.2, 0) is 20.7 Å². The van der Waals surface area contributed by atoms with E-state index in [1.807, 2.05) is 0 Å². The Bertz CT molecular complexity index is 617. The van der Waals surface area contributed by atoms with Gasteiger partial charge in [-0.3, -0.25) is 9.69 Å². The van der Waals surface area contributed by atoms with Crippen molar-refractivity contribution in [3.63, 3.8) is 0 Å². The number of amides is 1. The molecule has 0 bridgehead atoms. The number of nitrogens with two attached hydrogens (primary N) is 1. The quantitative estimate of drug-likeness (QED) is 0.369. The maximum Gasteiger partial charge on any atom is 0.411 e. The molecule has 0 radical (unpaired) electrons. The van der Waals surface area contributed by atoms with E-state index in [-0.39, 0.29) is 19.6 Å². The van der Waals surface area contributed by atoms with E-state index < -0.39 is 29.4 Å². The molecule has 1 rings (SSSR count). The molecule has 0 spiro atoms. The molecule has 0 saturated carbocycles. The molecule has 0 unspecified atom stereocenters. The first-order valence-electron chi connectivity index (χ1n) is 9.26. The summed E-state index contributed by atoms with van der Waals surface area (Å²) in [5, 5.41) is 9.97. The van der Waals surface area contributed by atoms with Crippen LogP contribution in [0.3, 0.4) is 0 Å². The zero-order valence-electron chi connectivity index (χ0n) is 16.2. The summed E-state index contributed by atoms with van der Waals surface area (Å²) in [5.41, 5.74) is 3.95. The molecule has 0 aromatic carbocycles. The summed E-state index contributed by atoms with van der Waals surface area (Å²) in [6.45, 7) is 5.21. The average Bonchev–Trinajstić information content (AvgIpc) is 3.13. The molecule has 152 valence electrons. The Kier molecular flexibility index (Phi) is 8.93. The number of aromatic nitrogens is 2. The van der Waals surface area contributed by atoms with Crippen LogP contribution in [-0.4, -0.2) is 62.6 Å². The van der Waals surface area contributed by atoms with Crippen LogP contribution in [0.2, 0.25) is 0 Å². The second-order valence-corrected chi connectivity index (χ2v) is 6.49. The van der Waals surface area contributed by atoms with Gasteiger partial charge in [-0.1, -0.05) is 26.2 Å². The molecule has 1 amide bonds. The summed E-state index contributed by atoms with van der Waals surface area (Å²) >= 11 is 0. The Hall–Kier alpha value is -2.42. The number of ether oxygens (including phenoxy) is 1. The lowest BCUT2D eigenvalue weighted by Gasteiger charge is -2.38. The van der Waals surface area contributed by atoms with Crippen molar-refractivity contribution in [2.45, 2.75) is 64.5 Å². The van der Waals surface area contributed by atoms with Crippen molar-refractivity contribution < 1.29 is 24.2 Å². The number of nitrogens with one attached hydrogen (secondary N) is 1. The number of rotatable bonds is 12. The minimum absolute atomic E-state index is 0.0211. The minimum Gasteiger partial charge on any atom is -0.479 e. The van der Waals surface area contributed by atoms with Gasteiger partial charge in [-0.15, -0.1) is 0 Å². The first kappa shape index (κ1) is 22.6. The van der Waals surface area contributed by atoms with Crippen LogP contribution in [0.1, 0.15) is 52.1 Å². The molecule has 0 aliphatic rings. The van der Waals surface area contributed by atoms with Crippen LogP contribution >= 0.6 is 0 Å². The highest BCUT2D eigenvalue weighted by Gasteiger charge is 2.54. The summed E-state index contributed by atoms with van der Waals surface area (Å²) < 4.78 is 5.25. The number of carbonyl (C=O) groups is 3. The van der Waals surface area contributed by atoms with Gasteiger partial charge in [-0.05, 0) is 20.3 Å². The van der Waals surface area contributed by atoms with Gasteiger partial charge in [-0.2, -0.15) is 0 Å². The Labute approximate surface area is 159 Å². The van der Waals surface area contributed by atoms with Gasteiger partial charge < -0.3 is 20.6 Å². The third-order valence-corrected chi connectivity index (χ3v) is 4.40. The van der Waals surface area contributed by atoms with E-state index in [0.29, 0.717) is 12.1 Å². The molecular formula is C18H30N4O5. The number of carboxylic acid groups (broad SMARTS) is 1. The summed E-state index contributed by atoms with van der Waals surface area (Å²) in [7, 11) is 0. The lowest BCUT2D eigenvalue weighted by atomic mass is 9.83. The molecule has 0 aliphatic heterocycles. The number of unbranched alkanes of at least 4 members (excludes halogenated alkanes) is 3. The molecule has 1 aromatic rings. The van der Waals surface area contributed by atoms with Crippen LogP contribution in [0, 0.1) is 0 Å². The third kappa shape index (κ3) is 5.53. The maximum absolute atomic E-state index is 12.9. The third-order valence-electron chi connectivity index (χ3n) is 4.40. The Morgan fingerprint density at radius 2 is 2.04 bits per heavy atom. The van der Waals surface area contributed by atoms with Crippen LogP contribution in [0.15, 0.2) is 12.5 Å². The van der Waals surface area contributed by atoms with Crippen molar-refractivity contribution in [3.8, 4) is 0 Å². The standard InChI is InChI=1S/C18H30N4O5/c1-4-6-7-8-9-27-17(26)22(5-2)18(16(24)25,15(23)13(3)19)10-14-11-20-12-21-14/h11-13H,4-10,19H2,1-3H3,(H,20,21)(H,24,25)/t13-,18+/m0/s1. The molecule has 0 fully saturated rings. The summed E-state index contributed by atoms with van der Waals surface area (Å²) in [4.78, 5) is 45.3. The number of carboxylic acids is 1. The number of carbonyl (C=O) groups excluding carboxylic acids is 2. The summed E-state index contributed by atoms with van der Waals surface area (Å²) in [6.07, 6.45) is 5.33. The number of hydrogen-bond acceptors (Lipinski definition) is 6. The molecule has 9 heteroatoms. The SMILES string of the molecule is CCCCCCOC(=O)N(CC)[C@@](Cc1cnc[nH]1)(C(=O)O)C(=O)[C@H](C)N. The fraction of sp³-hybridized carbons (Fsp3) is 0.667. The molecular weight excluding hydrogens is 352 g/mol. The number of hydrogen-bond donors (Lipinski definition) is 3. The van der Waals surface area contributed by atoms with Gasteiger partial charge in [0, 0.05) is 24.9 Å². The Balaban J connectivity index is 3.14.